The van der Waals surface area contributed by atoms with Crippen LogP contribution < -0.4 is 5.73 Å². The molecule has 0 aromatic rings. The Morgan fingerprint density at radius 2 is 1.63 bits per heavy atom. The number of nitrogens with zero attached hydrogens (tertiary/aromatic N) is 1. The molecule has 0 bridgehead atoms. The van der Waals surface area contributed by atoms with Gasteiger partial charge in [-0.3, -0.25) is 0 Å². The van der Waals surface area contributed by atoms with Crippen molar-refractivity contribution in [3.05, 3.63) is 0 Å². The van der Waals surface area contributed by atoms with Gasteiger partial charge in [0.05, 0.1) is 0 Å². The lowest BCUT2D eigenvalue weighted by molar-refractivity contribution is 0.235. The summed E-state index contributed by atoms with van der Waals surface area (Å²) in [5.41, 5.74) is 5.62. The molecule has 2 nitrogen and oxygen atoms in total. The van der Waals surface area contributed by atoms with Crippen LogP contribution in [0.1, 0.15) is 84.0 Å². The van der Waals surface area contributed by atoms with Gasteiger partial charge in [-0.15, -0.1) is 0 Å². The highest BCUT2D eigenvalue weighted by Crippen LogP contribution is 2.21. The molecule has 0 amide bonds. The lowest BCUT2D eigenvalue weighted by atomic mass is 10.1. The second-order valence-corrected chi connectivity index (χ2v) is 6.24. The number of hydrogen-bond donors (Lipinski definition) is 1. The van der Waals surface area contributed by atoms with Crippen molar-refractivity contribution < 1.29 is 0 Å². The van der Waals surface area contributed by atoms with Crippen LogP contribution in [-0.2, 0) is 0 Å². The Kier molecular flexibility index (Phi) is 10.5. The van der Waals surface area contributed by atoms with Crippen molar-refractivity contribution >= 4 is 0 Å². The van der Waals surface area contributed by atoms with Crippen molar-refractivity contribution in [3.8, 4) is 0 Å². The summed E-state index contributed by atoms with van der Waals surface area (Å²) < 4.78 is 0. The molecule has 1 fully saturated rings. The fourth-order valence-electron chi connectivity index (χ4n) is 3.32. The molecular weight excluding hydrogens is 232 g/mol. The Morgan fingerprint density at radius 1 is 0.947 bits per heavy atom. The highest BCUT2D eigenvalue weighted by Gasteiger charge is 2.22. The summed E-state index contributed by atoms with van der Waals surface area (Å²) in [5.74, 6) is 0. The van der Waals surface area contributed by atoms with Gasteiger partial charge in [0, 0.05) is 6.04 Å². The minimum Gasteiger partial charge on any atom is -0.330 e. The maximum Gasteiger partial charge on any atom is 0.00962 e. The third-order valence-electron chi connectivity index (χ3n) is 4.54. The van der Waals surface area contributed by atoms with Crippen molar-refractivity contribution in [1.82, 2.24) is 4.90 Å². The molecule has 0 aromatic carbocycles. The van der Waals surface area contributed by atoms with Crippen LogP contribution in [0.25, 0.3) is 0 Å². The summed E-state index contributed by atoms with van der Waals surface area (Å²) in [4.78, 5) is 2.73. The largest absolute Gasteiger partial charge is 0.330 e. The van der Waals surface area contributed by atoms with Crippen molar-refractivity contribution in [2.45, 2.75) is 90.0 Å². The van der Waals surface area contributed by atoms with Crippen molar-refractivity contribution in [2.75, 3.05) is 19.6 Å². The van der Waals surface area contributed by atoms with E-state index < -0.39 is 0 Å². The van der Waals surface area contributed by atoms with Crippen molar-refractivity contribution in [1.29, 1.82) is 0 Å². The zero-order valence-electron chi connectivity index (χ0n) is 13.2. The average molecular weight is 268 g/mol. The van der Waals surface area contributed by atoms with Crippen molar-refractivity contribution in [2.24, 2.45) is 5.73 Å². The van der Waals surface area contributed by atoms with Crippen LogP contribution in [0.15, 0.2) is 0 Å². The average Bonchev–Trinajstić information content (AvgIpc) is 2.87. The number of hydrogen-bond acceptors (Lipinski definition) is 2. The molecule has 0 saturated carbocycles. The molecule has 0 aromatic heterocycles. The van der Waals surface area contributed by atoms with Gasteiger partial charge >= 0.3 is 0 Å². The zero-order chi connectivity index (χ0) is 13.8. The van der Waals surface area contributed by atoms with Crippen LogP contribution in [0.4, 0.5) is 0 Å². The third-order valence-corrected chi connectivity index (χ3v) is 4.54. The van der Waals surface area contributed by atoms with Gasteiger partial charge in [-0.2, -0.15) is 0 Å². The number of nitrogens with two attached hydrogens (primary N) is 1. The first-order chi connectivity index (χ1) is 9.38. The predicted molar refractivity (Wildman–Crippen MR) is 85.5 cm³/mol. The van der Waals surface area contributed by atoms with E-state index in [9.17, 15) is 0 Å². The Hall–Kier alpha value is -0.0800. The standard InChI is InChI=1S/C17H36N2/c1-2-3-4-5-6-7-8-9-15-19-16-11-13-17(19)12-10-14-18/h17H,2-16,18H2,1H3. The molecule has 0 spiro atoms. The molecule has 1 rings (SSSR count). The molecule has 1 heterocycles. The molecule has 1 unspecified atom stereocenters. The fraction of sp³-hybridized carbons (Fsp3) is 1.00. The Balaban J connectivity index is 1.93. The SMILES string of the molecule is CCCCCCCCCCN1CCCC1CCCN. The predicted octanol–water partition coefficient (Wildman–Crippen LogP) is 4.33. The zero-order valence-corrected chi connectivity index (χ0v) is 13.2. The number of likely N-dealkylation sites (tertiary alicyclic amines) is 1. The molecular formula is C17H36N2. The lowest BCUT2D eigenvalue weighted by Crippen LogP contribution is -2.30. The van der Waals surface area contributed by atoms with E-state index >= 15 is 0 Å². The van der Waals surface area contributed by atoms with Gasteiger partial charge in [-0.05, 0) is 51.7 Å². The first kappa shape index (κ1) is 17.0. The topological polar surface area (TPSA) is 29.3 Å². The van der Waals surface area contributed by atoms with E-state index in [1.54, 1.807) is 0 Å². The summed E-state index contributed by atoms with van der Waals surface area (Å²) in [6.45, 7) is 5.83. The molecule has 1 aliphatic rings. The third kappa shape index (κ3) is 7.94. The molecule has 2 heteroatoms. The summed E-state index contributed by atoms with van der Waals surface area (Å²) in [6, 6.07) is 0.855. The Morgan fingerprint density at radius 3 is 2.32 bits per heavy atom. The van der Waals surface area contributed by atoms with Gasteiger partial charge in [-0.25, -0.2) is 0 Å². The second-order valence-electron chi connectivity index (χ2n) is 6.24. The Bertz CT molecular complexity index is 194. The lowest BCUT2D eigenvalue weighted by Gasteiger charge is -2.24. The normalized spacial score (nSPS) is 20.2. The van der Waals surface area contributed by atoms with E-state index in [-0.39, 0.29) is 0 Å². The number of rotatable bonds is 12. The molecule has 1 atom stereocenters. The van der Waals surface area contributed by atoms with Crippen LogP contribution >= 0.6 is 0 Å². The second kappa shape index (κ2) is 11.7. The summed E-state index contributed by atoms with van der Waals surface area (Å²) >= 11 is 0. The van der Waals surface area contributed by atoms with Crippen LogP contribution in [0.2, 0.25) is 0 Å². The fourth-order valence-corrected chi connectivity index (χ4v) is 3.32. The van der Waals surface area contributed by atoms with Crippen LogP contribution in [0.5, 0.6) is 0 Å². The van der Waals surface area contributed by atoms with Crippen LogP contribution in [-0.4, -0.2) is 30.6 Å². The quantitative estimate of drug-likeness (QED) is 0.534. The summed E-state index contributed by atoms with van der Waals surface area (Å²) in [6.07, 6.45) is 16.8. The van der Waals surface area contributed by atoms with Crippen LogP contribution in [0.3, 0.4) is 0 Å². The van der Waals surface area contributed by atoms with Gasteiger partial charge in [0.2, 0.25) is 0 Å². The molecule has 0 radical (unpaired) electrons. The number of unbranched alkanes of at least 4 members (excludes halogenated alkanes) is 7. The first-order valence-electron chi connectivity index (χ1n) is 8.82. The van der Waals surface area contributed by atoms with E-state index in [1.165, 1.54) is 90.1 Å². The molecule has 19 heavy (non-hydrogen) atoms. The highest BCUT2D eigenvalue weighted by molar-refractivity contribution is 4.78. The highest BCUT2D eigenvalue weighted by atomic mass is 15.2. The van der Waals surface area contributed by atoms with E-state index in [0.717, 1.165) is 12.6 Å². The van der Waals surface area contributed by atoms with Crippen molar-refractivity contribution in [3.63, 3.8) is 0 Å². The molecule has 114 valence electrons. The van der Waals surface area contributed by atoms with Gasteiger partial charge in [-0.1, -0.05) is 51.9 Å². The maximum atomic E-state index is 5.62. The van der Waals surface area contributed by atoms with E-state index in [0.29, 0.717) is 0 Å². The molecule has 0 aliphatic carbocycles. The minimum absolute atomic E-state index is 0.855. The molecule has 1 saturated heterocycles. The molecule has 1 aliphatic heterocycles. The Labute approximate surface area is 121 Å². The van der Waals surface area contributed by atoms with E-state index in [2.05, 4.69) is 11.8 Å². The van der Waals surface area contributed by atoms with Gasteiger partial charge in [0.25, 0.3) is 0 Å². The maximum absolute atomic E-state index is 5.62. The minimum atomic E-state index is 0.855. The van der Waals surface area contributed by atoms with Crippen LogP contribution in [0, 0.1) is 0 Å². The van der Waals surface area contributed by atoms with Gasteiger partial charge in [0.1, 0.15) is 0 Å². The first-order valence-corrected chi connectivity index (χ1v) is 8.82. The summed E-state index contributed by atoms with van der Waals surface area (Å²) in [5, 5.41) is 0. The smallest absolute Gasteiger partial charge is 0.00962 e. The monoisotopic (exact) mass is 268 g/mol. The molecule has 2 N–H and O–H groups in total. The summed E-state index contributed by atoms with van der Waals surface area (Å²) in [7, 11) is 0. The van der Waals surface area contributed by atoms with Gasteiger partial charge < -0.3 is 10.6 Å². The van der Waals surface area contributed by atoms with E-state index in [4.69, 9.17) is 5.73 Å². The van der Waals surface area contributed by atoms with Gasteiger partial charge in [0.15, 0.2) is 0 Å². The van der Waals surface area contributed by atoms with E-state index in [1.807, 2.05) is 0 Å².